The maximum absolute atomic E-state index is 11.7. The average Bonchev–Trinajstić information content (AvgIpc) is 2.24. The van der Waals surface area contributed by atoms with Crippen LogP contribution in [0, 0.1) is 0 Å². The standard InChI is InChI=1S/C11H18N2O3/c1-4-7-13(8-5-2)11(16)12-9(6-3)10(14)15/h4-5,9H,1-2,6-8H2,3H3,(H,12,16)(H,14,15)/t9-/m0/s1. The van der Waals surface area contributed by atoms with Crippen LogP contribution in [0.25, 0.3) is 0 Å². The monoisotopic (exact) mass is 226 g/mol. The zero-order chi connectivity index (χ0) is 12.6. The van der Waals surface area contributed by atoms with E-state index >= 15 is 0 Å². The van der Waals surface area contributed by atoms with E-state index in [1.165, 1.54) is 4.90 Å². The number of hydrogen-bond acceptors (Lipinski definition) is 2. The molecular formula is C11H18N2O3. The van der Waals surface area contributed by atoms with E-state index in [1.807, 2.05) is 0 Å². The number of rotatable bonds is 7. The Hall–Kier alpha value is -1.78. The molecule has 0 fully saturated rings. The second kappa shape index (κ2) is 7.50. The summed E-state index contributed by atoms with van der Waals surface area (Å²) in [6, 6.07) is -1.28. The van der Waals surface area contributed by atoms with Crippen molar-refractivity contribution in [2.24, 2.45) is 0 Å². The molecule has 2 N–H and O–H groups in total. The topological polar surface area (TPSA) is 69.6 Å². The number of hydrogen-bond donors (Lipinski definition) is 2. The zero-order valence-electron chi connectivity index (χ0n) is 9.48. The summed E-state index contributed by atoms with van der Waals surface area (Å²) in [4.78, 5) is 23.8. The van der Waals surface area contributed by atoms with Crippen molar-refractivity contribution in [2.45, 2.75) is 19.4 Å². The van der Waals surface area contributed by atoms with Gasteiger partial charge in [-0.05, 0) is 6.42 Å². The first-order valence-corrected chi connectivity index (χ1v) is 5.06. The lowest BCUT2D eigenvalue weighted by atomic mass is 10.2. The molecule has 0 rings (SSSR count). The van der Waals surface area contributed by atoms with Crippen LogP contribution in [-0.2, 0) is 4.79 Å². The molecule has 5 heteroatoms. The van der Waals surface area contributed by atoms with Gasteiger partial charge in [-0.15, -0.1) is 13.2 Å². The number of amides is 2. The minimum Gasteiger partial charge on any atom is -0.480 e. The number of carboxylic acid groups (broad SMARTS) is 1. The lowest BCUT2D eigenvalue weighted by molar-refractivity contribution is -0.139. The van der Waals surface area contributed by atoms with Crippen molar-refractivity contribution < 1.29 is 14.7 Å². The second-order valence-electron chi connectivity index (χ2n) is 3.23. The largest absolute Gasteiger partial charge is 0.480 e. The fourth-order valence-electron chi connectivity index (χ4n) is 1.13. The van der Waals surface area contributed by atoms with Crippen LogP contribution in [0.3, 0.4) is 0 Å². The molecule has 0 saturated carbocycles. The number of urea groups is 1. The molecule has 0 aromatic heterocycles. The number of nitrogens with one attached hydrogen (secondary N) is 1. The van der Waals surface area contributed by atoms with Gasteiger partial charge in [-0.2, -0.15) is 0 Å². The Morgan fingerprint density at radius 1 is 1.38 bits per heavy atom. The van der Waals surface area contributed by atoms with Gasteiger partial charge in [0, 0.05) is 13.1 Å². The number of carboxylic acids is 1. The first kappa shape index (κ1) is 14.2. The van der Waals surface area contributed by atoms with Crippen LogP contribution in [0.5, 0.6) is 0 Å². The Morgan fingerprint density at radius 2 is 1.88 bits per heavy atom. The average molecular weight is 226 g/mol. The van der Waals surface area contributed by atoms with Crippen LogP contribution in [0.15, 0.2) is 25.3 Å². The summed E-state index contributed by atoms with van der Waals surface area (Å²) in [6.45, 7) is 9.46. The van der Waals surface area contributed by atoms with Crippen molar-refractivity contribution in [1.29, 1.82) is 0 Å². The number of nitrogens with zero attached hydrogens (tertiary/aromatic N) is 1. The summed E-state index contributed by atoms with van der Waals surface area (Å²) in [5.41, 5.74) is 0. The summed E-state index contributed by atoms with van der Waals surface area (Å²) in [7, 11) is 0. The minimum absolute atomic E-state index is 0.344. The predicted octanol–water partition coefficient (Wildman–Crippen LogP) is 1.23. The van der Waals surface area contributed by atoms with Crippen LogP contribution < -0.4 is 5.32 Å². The van der Waals surface area contributed by atoms with Crippen LogP contribution in [0.4, 0.5) is 4.79 Å². The van der Waals surface area contributed by atoms with E-state index in [1.54, 1.807) is 19.1 Å². The van der Waals surface area contributed by atoms with Crippen molar-refractivity contribution in [2.75, 3.05) is 13.1 Å². The van der Waals surface area contributed by atoms with Gasteiger partial charge in [-0.1, -0.05) is 19.1 Å². The molecule has 0 aromatic rings. The number of carbonyl (C=O) groups is 2. The molecule has 0 radical (unpaired) electrons. The molecule has 5 nitrogen and oxygen atoms in total. The van der Waals surface area contributed by atoms with E-state index in [2.05, 4.69) is 18.5 Å². The minimum atomic E-state index is -1.03. The molecule has 0 aromatic carbocycles. The Bertz CT molecular complexity index is 266. The molecule has 1 atom stereocenters. The normalized spacial score (nSPS) is 11.3. The molecule has 0 saturated heterocycles. The molecule has 90 valence electrons. The van der Waals surface area contributed by atoms with Crippen molar-refractivity contribution in [3.63, 3.8) is 0 Å². The third-order valence-corrected chi connectivity index (χ3v) is 1.99. The third-order valence-electron chi connectivity index (χ3n) is 1.99. The van der Waals surface area contributed by atoms with Gasteiger partial charge < -0.3 is 15.3 Å². The highest BCUT2D eigenvalue weighted by atomic mass is 16.4. The van der Waals surface area contributed by atoms with Gasteiger partial charge in [0.05, 0.1) is 0 Å². The first-order valence-electron chi connectivity index (χ1n) is 5.06. The van der Waals surface area contributed by atoms with E-state index in [0.717, 1.165) is 0 Å². The molecule has 0 heterocycles. The summed E-state index contributed by atoms with van der Waals surface area (Å²) >= 11 is 0. The van der Waals surface area contributed by atoms with E-state index in [-0.39, 0.29) is 0 Å². The van der Waals surface area contributed by atoms with Crippen LogP contribution >= 0.6 is 0 Å². The highest BCUT2D eigenvalue weighted by Gasteiger charge is 2.20. The summed E-state index contributed by atoms with van der Waals surface area (Å²) < 4.78 is 0. The van der Waals surface area contributed by atoms with E-state index in [9.17, 15) is 9.59 Å². The highest BCUT2D eigenvalue weighted by Crippen LogP contribution is 1.96. The maximum atomic E-state index is 11.7. The van der Waals surface area contributed by atoms with Crippen LogP contribution in [0.2, 0.25) is 0 Å². The number of carbonyl (C=O) groups excluding carboxylic acids is 1. The molecule has 0 bridgehead atoms. The molecule has 0 aliphatic heterocycles. The van der Waals surface area contributed by atoms with Crippen molar-refractivity contribution in [3.05, 3.63) is 25.3 Å². The Balaban J connectivity index is 4.42. The van der Waals surface area contributed by atoms with E-state index in [4.69, 9.17) is 5.11 Å². The molecule has 0 unspecified atom stereocenters. The van der Waals surface area contributed by atoms with E-state index < -0.39 is 18.0 Å². The quantitative estimate of drug-likeness (QED) is 0.641. The summed E-state index contributed by atoms with van der Waals surface area (Å²) in [5.74, 6) is -1.03. The van der Waals surface area contributed by atoms with Gasteiger partial charge in [0.2, 0.25) is 0 Å². The van der Waals surface area contributed by atoms with Gasteiger partial charge in [0.15, 0.2) is 0 Å². The first-order chi connectivity index (χ1) is 7.56. The van der Waals surface area contributed by atoms with Crippen molar-refractivity contribution in [1.82, 2.24) is 10.2 Å². The fourth-order valence-corrected chi connectivity index (χ4v) is 1.13. The third kappa shape index (κ3) is 4.63. The molecule has 0 aliphatic carbocycles. The number of aliphatic carboxylic acids is 1. The molecule has 0 aliphatic rings. The van der Waals surface area contributed by atoms with Crippen molar-refractivity contribution in [3.8, 4) is 0 Å². The van der Waals surface area contributed by atoms with E-state index in [0.29, 0.717) is 19.5 Å². The van der Waals surface area contributed by atoms with Crippen LogP contribution in [-0.4, -0.2) is 41.1 Å². The molecule has 2 amide bonds. The smallest absolute Gasteiger partial charge is 0.326 e. The SMILES string of the molecule is C=CCN(CC=C)C(=O)N[C@@H](CC)C(=O)O. The predicted molar refractivity (Wildman–Crippen MR) is 62.2 cm³/mol. The van der Waals surface area contributed by atoms with Crippen LogP contribution in [0.1, 0.15) is 13.3 Å². The van der Waals surface area contributed by atoms with Gasteiger partial charge in [-0.25, -0.2) is 9.59 Å². The Morgan fingerprint density at radius 3 is 2.19 bits per heavy atom. The second-order valence-corrected chi connectivity index (χ2v) is 3.23. The van der Waals surface area contributed by atoms with Gasteiger partial charge >= 0.3 is 12.0 Å². The Kier molecular flexibility index (Phi) is 6.67. The summed E-state index contributed by atoms with van der Waals surface area (Å²) in [6.07, 6.45) is 3.49. The molecule has 0 spiro atoms. The molecule has 16 heavy (non-hydrogen) atoms. The Labute approximate surface area is 95.4 Å². The van der Waals surface area contributed by atoms with Gasteiger partial charge in [0.25, 0.3) is 0 Å². The lowest BCUT2D eigenvalue weighted by Gasteiger charge is -2.22. The van der Waals surface area contributed by atoms with Crippen molar-refractivity contribution >= 4 is 12.0 Å². The van der Waals surface area contributed by atoms with Gasteiger partial charge in [0.1, 0.15) is 6.04 Å². The lowest BCUT2D eigenvalue weighted by Crippen LogP contribution is -2.47. The highest BCUT2D eigenvalue weighted by molar-refractivity contribution is 5.82. The maximum Gasteiger partial charge on any atom is 0.326 e. The van der Waals surface area contributed by atoms with Gasteiger partial charge in [-0.3, -0.25) is 0 Å². The fraction of sp³-hybridized carbons (Fsp3) is 0.455. The summed E-state index contributed by atoms with van der Waals surface area (Å²) in [5, 5.41) is 11.2. The zero-order valence-corrected chi connectivity index (χ0v) is 9.48. The molecular weight excluding hydrogens is 208 g/mol.